The number of nitrogens with zero attached hydrogens (tertiary/aromatic N) is 1. The molecule has 4 heterocycles. The van der Waals surface area contributed by atoms with Crippen LogP contribution in [0.15, 0.2) is 108 Å². The summed E-state index contributed by atoms with van der Waals surface area (Å²) in [5, 5.41) is 7.30. The van der Waals surface area contributed by atoms with Crippen LogP contribution in [-0.2, 0) is 12.8 Å². The minimum atomic E-state index is -0.625. The number of rotatable bonds is 5. The first kappa shape index (κ1) is 25.7. The van der Waals surface area contributed by atoms with Crippen LogP contribution < -0.4 is 4.90 Å². The predicted molar refractivity (Wildman–Crippen MR) is 183 cm³/mol. The van der Waals surface area contributed by atoms with Crippen molar-refractivity contribution >= 4 is 98.3 Å². The van der Waals surface area contributed by atoms with Crippen molar-refractivity contribution < 1.29 is 9.59 Å². The van der Waals surface area contributed by atoms with Crippen molar-refractivity contribution in [2.24, 2.45) is 5.92 Å². The van der Waals surface area contributed by atoms with Crippen LogP contribution in [0.1, 0.15) is 30.5 Å². The Labute approximate surface area is 264 Å². The number of hydrogen-bond acceptors (Lipinski definition) is 7. The number of carbonyl (C=O) groups excluding carboxylic acids is 2. The molecule has 4 aromatic carbocycles. The molecule has 1 atom stereocenters. The fraction of sp³-hybridized carbons (Fsp3) is 0.111. The van der Waals surface area contributed by atoms with Gasteiger partial charge < -0.3 is 4.90 Å². The minimum absolute atomic E-state index is 0.0365. The molecule has 1 aliphatic heterocycles. The van der Waals surface area contributed by atoms with Crippen LogP contribution in [0.2, 0.25) is 0 Å². The average molecular weight is 630 g/mol. The molecule has 43 heavy (non-hydrogen) atoms. The van der Waals surface area contributed by atoms with E-state index in [1.807, 2.05) is 70.8 Å². The van der Waals surface area contributed by atoms with E-state index in [-0.39, 0.29) is 16.9 Å². The molecule has 0 radical (unpaired) electrons. The molecule has 0 fully saturated rings. The molecule has 9 rings (SSSR count). The van der Waals surface area contributed by atoms with E-state index >= 15 is 0 Å². The van der Waals surface area contributed by atoms with Gasteiger partial charge in [-0.15, -0.1) is 34.0 Å². The van der Waals surface area contributed by atoms with Gasteiger partial charge in [0.1, 0.15) is 0 Å². The highest BCUT2D eigenvalue weighted by molar-refractivity contribution is 8.00. The summed E-state index contributed by atoms with van der Waals surface area (Å²) in [7, 11) is 0. The highest BCUT2D eigenvalue weighted by atomic mass is 32.2. The monoisotopic (exact) mass is 629 g/mol. The van der Waals surface area contributed by atoms with Gasteiger partial charge in [-0.3, -0.25) is 9.59 Å². The summed E-state index contributed by atoms with van der Waals surface area (Å²) in [6, 6.07) is 35.8. The SMILES string of the molecule is O=C1c2cc3ccccc3cc2C(=O)C1Cc1cc2c(s1)CC(N(c1cc3ccccc3s1)c1cc3ccccc3s1)S2. The van der Waals surface area contributed by atoms with E-state index in [1.54, 1.807) is 11.3 Å². The molecule has 7 aromatic rings. The van der Waals surface area contributed by atoms with Crippen LogP contribution in [0.4, 0.5) is 10.0 Å². The van der Waals surface area contributed by atoms with Crippen LogP contribution in [0.25, 0.3) is 30.9 Å². The third-order valence-electron chi connectivity index (χ3n) is 8.49. The number of ketones is 2. The van der Waals surface area contributed by atoms with Crippen molar-refractivity contribution in [1.29, 1.82) is 0 Å². The second-order valence-electron chi connectivity index (χ2n) is 11.1. The fourth-order valence-corrected chi connectivity index (χ4v) is 11.7. The summed E-state index contributed by atoms with van der Waals surface area (Å²) in [5.74, 6) is -0.698. The number of hydrogen-bond donors (Lipinski definition) is 0. The fourth-order valence-electron chi connectivity index (χ4n) is 6.39. The number of thiophene rings is 3. The van der Waals surface area contributed by atoms with Crippen LogP contribution in [0.5, 0.6) is 0 Å². The maximum Gasteiger partial charge on any atom is 0.174 e. The summed E-state index contributed by atoms with van der Waals surface area (Å²) in [5.41, 5.74) is 1.16. The average Bonchev–Trinajstić information content (AvgIpc) is 3.83. The van der Waals surface area contributed by atoms with E-state index in [0.717, 1.165) is 22.1 Å². The lowest BCUT2D eigenvalue weighted by atomic mass is 9.99. The Bertz CT molecular complexity index is 2040. The Hall–Kier alpha value is -3.75. The maximum absolute atomic E-state index is 13.4. The number of fused-ring (bicyclic) bond motifs is 5. The maximum atomic E-state index is 13.4. The molecule has 3 nitrogen and oxygen atoms in total. The number of Topliss-reactive ketones (excluding diaryl/α,β-unsaturated/α-hetero) is 2. The zero-order chi connectivity index (χ0) is 28.7. The molecule has 1 aliphatic carbocycles. The smallest absolute Gasteiger partial charge is 0.174 e. The van der Waals surface area contributed by atoms with Gasteiger partial charge in [0, 0.05) is 41.6 Å². The summed E-state index contributed by atoms with van der Waals surface area (Å²) in [6.07, 6.45) is 1.40. The van der Waals surface area contributed by atoms with Crippen molar-refractivity contribution in [2.45, 2.75) is 23.1 Å². The van der Waals surface area contributed by atoms with Gasteiger partial charge in [0.05, 0.1) is 21.3 Å². The number of benzene rings is 4. The van der Waals surface area contributed by atoms with Crippen molar-refractivity contribution in [2.75, 3.05) is 4.90 Å². The van der Waals surface area contributed by atoms with Crippen LogP contribution in [0.3, 0.4) is 0 Å². The minimum Gasteiger partial charge on any atom is -0.311 e. The van der Waals surface area contributed by atoms with E-state index in [1.165, 1.54) is 39.9 Å². The topological polar surface area (TPSA) is 37.4 Å². The molecule has 2 aliphatic rings. The molecule has 0 N–H and O–H groups in total. The standard InChI is InChI=1S/C36H23NO2S4/c38-35-25-13-20-7-1-2-8-21(20)14-26(25)36(39)27(35)17-24-18-30-31(40-24)19-34(43-30)37(32-15-22-9-3-5-11-28(22)41-32)33-16-23-10-4-6-12-29(23)42-33/h1-16,18,27,34H,17,19H2. The summed E-state index contributed by atoms with van der Waals surface area (Å²) in [4.78, 5) is 33.1. The normalized spacial score (nSPS) is 16.5. The molecular weight excluding hydrogens is 607 g/mol. The summed E-state index contributed by atoms with van der Waals surface area (Å²) >= 11 is 7.37. The Balaban J connectivity index is 1.01. The van der Waals surface area contributed by atoms with Crippen LogP contribution >= 0.6 is 45.8 Å². The van der Waals surface area contributed by atoms with Gasteiger partial charge in [-0.1, -0.05) is 72.4 Å². The van der Waals surface area contributed by atoms with E-state index in [9.17, 15) is 9.59 Å². The third kappa shape index (κ3) is 4.21. The lowest BCUT2D eigenvalue weighted by molar-refractivity contribution is 0.0839. The van der Waals surface area contributed by atoms with Gasteiger partial charge >= 0.3 is 0 Å². The van der Waals surface area contributed by atoms with Gasteiger partial charge in [-0.2, -0.15) is 0 Å². The van der Waals surface area contributed by atoms with E-state index in [2.05, 4.69) is 71.6 Å². The van der Waals surface area contributed by atoms with Gasteiger partial charge in [0.2, 0.25) is 0 Å². The Morgan fingerprint density at radius 1 is 0.628 bits per heavy atom. The van der Waals surface area contributed by atoms with E-state index in [0.29, 0.717) is 17.5 Å². The van der Waals surface area contributed by atoms with E-state index in [4.69, 9.17) is 0 Å². The summed E-state index contributed by atoms with van der Waals surface area (Å²) in [6.45, 7) is 0. The molecule has 0 amide bonds. The second-order valence-corrected chi connectivity index (χ2v) is 15.7. The Morgan fingerprint density at radius 3 is 1.70 bits per heavy atom. The summed E-state index contributed by atoms with van der Waals surface area (Å²) < 4.78 is 2.59. The van der Waals surface area contributed by atoms with Crippen molar-refractivity contribution in [3.63, 3.8) is 0 Å². The molecule has 0 spiro atoms. The molecule has 0 saturated heterocycles. The number of anilines is 2. The van der Waals surface area contributed by atoms with Crippen molar-refractivity contribution in [3.05, 3.63) is 124 Å². The molecule has 208 valence electrons. The first-order chi connectivity index (χ1) is 21.1. The zero-order valence-corrected chi connectivity index (χ0v) is 26.0. The van der Waals surface area contributed by atoms with E-state index < -0.39 is 5.92 Å². The molecule has 3 aromatic heterocycles. The van der Waals surface area contributed by atoms with Gasteiger partial charge in [0.25, 0.3) is 0 Å². The largest absolute Gasteiger partial charge is 0.311 e. The van der Waals surface area contributed by atoms with Crippen LogP contribution in [-0.4, -0.2) is 16.9 Å². The Morgan fingerprint density at radius 2 is 1.16 bits per heavy atom. The lowest BCUT2D eigenvalue weighted by Gasteiger charge is -2.27. The van der Waals surface area contributed by atoms with Gasteiger partial charge in [-0.05, 0) is 70.4 Å². The third-order valence-corrected chi connectivity index (χ3v) is 13.3. The van der Waals surface area contributed by atoms with Crippen molar-refractivity contribution in [3.8, 4) is 0 Å². The highest BCUT2D eigenvalue weighted by Gasteiger charge is 2.40. The number of thioether (sulfide) groups is 1. The quantitative estimate of drug-likeness (QED) is 0.178. The molecule has 1 unspecified atom stereocenters. The van der Waals surface area contributed by atoms with Gasteiger partial charge in [0.15, 0.2) is 11.6 Å². The first-order valence-corrected chi connectivity index (χ1v) is 17.6. The zero-order valence-electron chi connectivity index (χ0n) is 22.8. The van der Waals surface area contributed by atoms with Gasteiger partial charge in [-0.25, -0.2) is 0 Å². The second kappa shape index (κ2) is 9.89. The molecular formula is C36H23NO2S4. The predicted octanol–water partition coefficient (Wildman–Crippen LogP) is 10.4. The van der Waals surface area contributed by atoms with Crippen LogP contribution in [0, 0.1) is 5.92 Å². The molecule has 0 bridgehead atoms. The molecule has 7 heteroatoms. The van der Waals surface area contributed by atoms with Crippen molar-refractivity contribution in [1.82, 2.24) is 0 Å². The first-order valence-electron chi connectivity index (χ1n) is 14.2. The molecule has 0 saturated carbocycles. The lowest BCUT2D eigenvalue weighted by Crippen LogP contribution is -2.26. The number of carbonyl (C=O) groups is 2. The Kier molecular flexibility index (Phi) is 5.92. The highest BCUT2D eigenvalue weighted by Crippen LogP contribution is 2.51.